The lowest BCUT2D eigenvalue weighted by atomic mass is 9.88. The fourth-order valence-corrected chi connectivity index (χ4v) is 3.88. The molecule has 2 unspecified atom stereocenters. The molecular formula is C19H24N2O3. The molecule has 5 heteroatoms. The average Bonchev–Trinajstić information content (AvgIpc) is 3.40. The van der Waals surface area contributed by atoms with Gasteiger partial charge in [-0.05, 0) is 18.4 Å². The molecule has 1 aromatic rings. The molecule has 0 bridgehead atoms. The highest BCUT2D eigenvalue weighted by Gasteiger charge is 2.45. The fourth-order valence-electron chi connectivity index (χ4n) is 3.88. The Kier molecular flexibility index (Phi) is 4.27. The lowest BCUT2D eigenvalue weighted by Gasteiger charge is -2.30. The third-order valence-electron chi connectivity index (χ3n) is 5.43. The maximum Gasteiger partial charge on any atom is 0.228 e. The van der Waals surface area contributed by atoms with E-state index in [1.807, 2.05) is 28.0 Å². The summed E-state index contributed by atoms with van der Waals surface area (Å²) in [7, 11) is 0. The Hall–Kier alpha value is -1.88. The summed E-state index contributed by atoms with van der Waals surface area (Å²) in [4.78, 5) is 29.4. The van der Waals surface area contributed by atoms with E-state index in [0.717, 1.165) is 18.4 Å². The highest BCUT2D eigenvalue weighted by molar-refractivity contribution is 5.85. The molecule has 0 radical (unpaired) electrons. The van der Waals surface area contributed by atoms with Crippen molar-refractivity contribution in [2.75, 3.05) is 39.4 Å². The summed E-state index contributed by atoms with van der Waals surface area (Å²) in [5.74, 6) is 0.600. The third-order valence-corrected chi connectivity index (χ3v) is 5.43. The van der Waals surface area contributed by atoms with Crippen LogP contribution in [-0.2, 0) is 14.3 Å². The maximum absolute atomic E-state index is 13.1. The topological polar surface area (TPSA) is 49.9 Å². The van der Waals surface area contributed by atoms with Gasteiger partial charge in [0.1, 0.15) is 0 Å². The molecular weight excluding hydrogens is 304 g/mol. The Balaban J connectivity index is 1.55. The molecule has 24 heavy (non-hydrogen) atoms. The molecule has 2 amide bonds. The number of morpholine rings is 1. The van der Waals surface area contributed by atoms with E-state index in [0.29, 0.717) is 39.4 Å². The first-order chi connectivity index (χ1) is 11.7. The van der Waals surface area contributed by atoms with E-state index in [2.05, 4.69) is 12.1 Å². The average molecular weight is 328 g/mol. The quantitative estimate of drug-likeness (QED) is 0.845. The molecule has 2 saturated heterocycles. The number of ether oxygens (including phenoxy) is 1. The molecule has 2 heterocycles. The van der Waals surface area contributed by atoms with Crippen molar-refractivity contribution in [2.45, 2.75) is 18.8 Å². The first-order valence-corrected chi connectivity index (χ1v) is 8.94. The normalized spacial score (nSPS) is 27.3. The van der Waals surface area contributed by atoms with Gasteiger partial charge < -0.3 is 14.5 Å². The standard InChI is InChI=1S/C19H24N2O3/c22-18(15-6-7-15)21-12-16(14-4-2-1-3-5-14)17(13-21)19(23)20-8-10-24-11-9-20/h1-5,15-17H,6-13H2. The summed E-state index contributed by atoms with van der Waals surface area (Å²) >= 11 is 0. The number of benzene rings is 1. The first-order valence-electron chi connectivity index (χ1n) is 8.94. The van der Waals surface area contributed by atoms with Crippen molar-refractivity contribution in [2.24, 2.45) is 11.8 Å². The molecule has 0 aromatic heterocycles. The number of carbonyl (C=O) groups excluding carboxylic acids is 2. The van der Waals surface area contributed by atoms with Gasteiger partial charge in [-0.3, -0.25) is 9.59 Å². The predicted molar refractivity (Wildman–Crippen MR) is 89.4 cm³/mol. The van der Waals surface area contributed by atoms with E-state index in [9.17, 15) is 9.59 Å². The number of hydrogen-bond acceptors (Lipinski definition) is 3. The lowest BCUT2D eigenvalue weighted by molar-refractivity contribution is -0.140. The van der Waals surface area contributed by atoms with Gasteiger partial charge in [-0.15, -0.1) is 0 Å². The second-order valence-corrected chi connectivity index (χ2v) is 7.08. The minimum absolute atomic E-state index is 0.101. The highest BCUT2D eigenvalue weighted by Crippen LogP contribution is 2.38. The molecule has 0 spiro atoms. The van der Waals surface area contributed by atoms with E-state index in [1.54, 1.807) is 0 Å². The van der Waals surface area contributed by atoms with Crippen LogP contribution in [0.15, 0.2) is 30.3 Å². The Morgan fingerprint density at radius 3 is 2.29 bits per heavy atom. The predicted octanol–water partition coefficient (Wildman–Crippen LogP) is 1.50. The van der Waals surface area contributed by atoms with Crippen LogP contribution in [0.25, 0.3) is 0 Å². The Bertz CT molecular complexity index is 608. The summed E-state index contributed by atoms with van der Waals surface area (Å²) in [6.45, 7) is 3.77. The lowest BCUT2D eigenvalue weighted by Crippen LogP contribution is -2.45. The second kappa shape index (κ2) is 6.55. The SMILES string of the molecule is O=C(C1CC1)N1CC(C(=O)N2CCOCC2)C(c2ccccc2)C1. The molecule has 1 saturated carbocycles. The third kappa shape index (κ3) is 3.05. The van der Waals surface area contributed by atoms with E-state index in [-0.39, 0.29) is 29.6 Å². The van der Waals surface area contributed by atoms with Crippen molar-refractivity contribution in [3.05, 3.63) is 35.9 Å². The molecule has 1 aromatic carbocycles. The van der Waals surface area contributed by atoms with Crippen LogP contribution in [0.5, 0.6) is 0 Å². The number of nitrogens with zero attached hydrogens (tertiary/aromatic N) is 2. The van der Waals surface area contributed by atoms with Crippen molar-refractivity contribution in [3.63, 3.8) is 0 Å². The minimum Gasteiger partial charge on any atom is -0.378 e. The molecule has 5 nitrogen and oxygen atoms in total. The second-order valence-electron chi connectivity index (χ2n) is 7.08. The number of hydrogen-bond donors (Lipinski definition) is 0. The largest absolute Gasteiger partial charge is 0.378 e. The maximum atomic E-state index is 13.1. The minimum atomic E-state index is -0.131. The van der Waals surface area contributed by atoms with Crippen molar-refractivity contribution in [1.82, 2.24) is 9.80 Å². The van der Waals surface area contributed by atoms with Crippen LogP contribution in [0.3, 0.4) is 0 Å². The fraction of sp³-hybridized carbons (Fsp3) is 0.579. The molecule has 2 atom stereocenters. The van der Waals surface area contributed by atoms with E-state index in [4.69, 9.17) is 4.74 Å². The van der Waals surface area contributed by atoms with Gasteiger partial charge in [-0.2, -0.15) is 0 Å². The van der Waals surface area contributed by atoms with Gasteiger partial charge in [0, 0.05) is 38.0 Å². The summed E-state index contributed by atoms with van der Waals surface area (Å²) < 4.78 is 5.36. The van der Waals surface area contributed by atoms with E-state index in [1.165, 1.54) is 0 Å². The molecule has 2 aliphatic heterocycles. The molecule has 3 fully saturated rings. The van der Waals surface area contributed by atoms with Crippen LogP contribution in [0.2, 0.25) is 0 Å². The van der Waals surface area contributed by atoms with Crippen molar-refractivity contribution in [1.29, 1.82) is 0 Å². The van der Waals surface area contributed by atoms with E-state index < -0.39 is 0 Å². The summed E-state index contributed by atoms with van der Waals surface area (Å²) in [5, 5.41) is 0. The molecule has 3 aliphatic rings. The molecule has 0 N–H and O–H groups in total. The van der Waals surface area contributed by atoms with Gasteiger partial charge in [-0.25, -0.2) is 0 Å². The van der Waals surface area contributed by atoms with E-state index >= 15 is 0 Å². The van der Waals surface area contributed by atoms with Crippen LogP contribution in [0.4, 0.5) is 0 Å². The van der Waals surface area contributed by atoms with Crippen LogP contribution in [-0.4, -0.2) is 61.0 Å². The molecule has 128 valence electrons. The number of amides is 2. The van der Waals surface area contributed by atoms with Crippen molar-refractivity contribution < 1.29 is 14.3 Å². The van der Waals surface area contributed by atoms with Gasteiger partial charge in [-0.1, -0.05) is 30.3 Å². The van der Waals surface area contributed by atoms with Gasteiger partial charge >= 0.3 is 0 Å². The van der Waals surface area contributed by atoms with Gasteiger partial charge in [0.05, 0.1) is 19.1 Å². The van der Waals surface area contributed by atoms with Crippen molar-refractivity contribution in [3.8, 4) is 0 Å². The Labute approximate surface area is 142 Å². The Morgan fingerprint density at radius 2 is 1.62 bits per heavy atom. The van der Waals surface area contributed by atoms with Gasteiger partial charge in [0.2, 0.25) is 11.8 Å². The zero-order valence-electron chi connectivity index (χ0n) is 13.9. The smallest absolute Gasteiger partial charge is 0.228 e. The van der Waals surface area contributed by atoms with Crippen LogP contribution in [0.1, 0.15) is 24.3 Å². The van der Waals surface area contributed by atoms with Crippen LogP contribution < -0.4 is 0 Å². The molecule has 4 rings (SSSR count). The molecule has 1 aliphatic carbocycles. The van der Waals surface area contributed by atoms with Crippen LogP contribution >= 0.6 is 0 Å². The Morgan fingerprint density at radius 1 is 0.917 bits per heavy atom. The highest BCUT2D eigenvalue weighted by atomic mass is 16.5. The monoisotopic (exact) mass is 328 g/mol. The summed E-state index contributed by atoms with van der Waals surface area (Å²) in [6.07, 6.45) is 2.01. The zero-order valence-corrected chi connectivity index (χ0v) is 13.9. The first kappa shape index (κ1) is 15.6. The number of carbonyl (C=O) groups is 2. The summed E-state index contributed by atoms with van der Waals surface area (Å²) in [6, 6.07) is 10.2. The van der Waals surface area contributed by atoms with Crippen LogP contribution in [0, 0.1) is 11.8 Å². The van der Waals surface area contributed by atoms with Gasteiger partial charge in [0.25, 0.3) is 0 Å². The number of rotatable bonds is 3. The zero-order chi connectivity index (χ0) is 16.5. The van der Waals surface area contributed by atoms with Gasteiger partial charge in [0.15, 0.2) is 0 Å². The van der Waals surface area contributed by atoms with Crippen molar-refractivity contribution >= 4 is 11.8 Å². The summed E-state index contributed by atoms with van der Waals surface area (Å²) in [5.41, 5.74) is 1.16. The number of likely N-dealkylation sites (tertiary alicyclic amines) is 1.